The summed E-state index contributed by atoms with van der Waals surface area (Å²) in [7, 11) is 0. The highest BCUT2D eigenvalue weighted by Gasteiger charge is 2.63. The van der Waals surface area contributed by atoms with E-state index >= 15 is 0 Å². The van der Waals surface area contributed by atoms with Gasteiger partial charge < -0.3 is 0 Å². The number of hydrogen-bond donors (Lipinski definition) is 0. The van der Waals surface area contributed by atoms with Crippen LogP contribution >= 0.6 is 31.9 Å². The van der Waals surface area contributed by atoms with Crippen LogP contribution in [0.1, 0.15) is 36.8 Å². The fourth-order valence-electron chi connectivity index (χ4n) is 5.37. The molecular formula is C27H22Br2O. The van der Waals surface area contributed by atoms with E-state index in [-0.39, 0.29) is 17.6 Å². The zero-order valence-electron chi connectivity index (χ0n) is 16.9. The van der Waals surface area contributed by atoms with Crippen LogP contribution in [0.25, 0.3) is 21.5 Å². The zero-order valence-corrected chi connectivity index (χ0v) is 20.1. The standard InChI is InChI=1S/C27H22Br2O/c1-26(28)23(21-15-7-11-17-9-3-5-13-19(17)21)24(27(2,29)25(26)30)22-16-8-12-18-10-4-6-14-20(18)22/h3-16,23-24H,1-2H3/t23-,24-,26-,27+/m0/s1. The summed E-state index contributed by atoms with van der Waals surface area (Å²) < 4.78 is -1.37. The number of carbonyl (C=O) groups is 1. The second-order valence-electron chi connectivity index (χ2n) is 8.57. The maximum atomic E-state index is 13.7. The largest absolute Gasteiger partial charge is 0.297 e. The monoisotopic (exact) mass is 520 g/mol. The molecule has 1 aliphatic carbocycles. The molecule has 150 valence electrons. The van der Waals surface area contributed by atoms with Crippen LogP contribution in [0.5, 0.6) is 0 Å². The molecular weight excluding hydrogens is 500 g/mol. The minimum absolute atomic E-state index is 0.0220. The normalized spacial score (nSPS) is 29.0. The maximum Gasteiger partial charge on any atom is 0.166 e. The van der Waals surface area contributed by atoms with Crippen LogP contribution in [0.4, 0.5) is 0 Å². The molecule has 0 spiro atoms. The first-order valence-corrected chi connectivity index (χ1v) is 11.8. The first-order valence-electron chi connectivity index (χ1n) is 10.2. The number of fused-ring (bicyclic) bond motifs is 2. The summed E-state index contributed by atoms with van der Waals surface area (Å²) >= 11 is 7.79. The fourth-order valence-corrected chi connectivity index (χ4v) is 7.48. The van der Waals surface area contributed by atoms with Gasteiger partial charge in [0, 0.05) is 11.8 Å². The Bertz CT molecular complexity index is 1180. The minimum Gasteiger partial charge on any atom is -0.297 e. The summed E-state index contributed by atoms with van der Waals surface area (Å²) in [5.74, 6) is 0.142. The molecule has 4 aromatic carbocycles. The summed E-state index contributed by atoms with van der Waals surface area (Å²) in [5, 5.41) is 4.81. The molecule has 1 aliphatic rings. The second-order valence-corrected chi connectivity index (χ2v) is 11.9. The number of halogens is 2. The van der Waals surface area contributed by atoms with Crippen molar-refractivity contribution >= 4 is 59.2 Å². The number of rotatable bonds is 2. The summed E-state index contributed by atoms with van der Waals surface area (Å²) in [6, 6.07) is 29.8. The molecule has 3 heteroatoms. The molecule has 0 aromatic heterocycles. The molecule has 0 saturated heterocycles. The molecule has 1 fully saturated rings. The summed E-state index contributed by atoms with van der Waals surface area (Å²) in [6.45, 7) is 4.07. The molecule has 0 N–H and O–H groups in total. The Morgan fingerprint density at radius 2 is 0.967 bits per heavy atom. The van der Waals surface area contributed by atoms with Crippen molar-refractivity contribution in [3.63, 3.8) is 0 Å². The highest BCUT2D eigenvalue weighted by atomic mass is 79.9. The van der Waals surface area contributed by atoms with Gasteiger partial charge >= 0.3 is 0 Å². The summed E-state index contributed by atoms with van der Waals surface area (Å²) in [6.07, 6.45) is 0. The van der Waals surface area contributed by atoms with Gasteiger partial charge in [0.1, 0.15) is 0 Å². The van der Waals surface area contributed by atoms with Gasteiger partial charge in [0.25, 0.3) is 0 Å². The minimum atomic E-state index is -0.684. The van der Waals surface area contributed by atoms with E-state index in [1.165, 1.54) is 32.7 Å². The third-order valence-electron chi connectivity index (χ3n) is 6.71. The first kappa shape index (κ1) is 20.0. The third-order valence-corrected chi connectivity index (χ3v) is 8.41. The van der Waals surface area contributed by atoms with E-state index in [0.29, 0.717) is 0 Å². The number of hydrogen-bond acceptors (Lipinski definition) is 1. The maximum absolute atomic E-state index is 13.7. The molecule has 5 rings (SSSR count). The van der Waals surface area contributed by atoms with E-state index in [0.717, 1.165) is 0 Å². The van der Waals surface area contributed by atoms with E-state index in [9.17, 15) is 4.79 Å². The van der Waals surface area contributed by atoms with Gasteiger partial charge in [0.05, 0.1) is 8.65 Å². The zero-order chi connectivity index (χ0) is 21.1. The number of ketones is 1. The van der Waals surface area contributed by atoms with Gasteiger partial charge in [-0.1, -0.05) is 117 Å². The Kier molecular flexibility index (Phi) is 4.68. The lowest BCUT2D eigenvalue weighted by molar-refractivity contribution is -0.120. The van der Waals surface area contributed by atoms with E-state index < -0.39 is 8.65 Å². The lowest BCUT2D eigenvalue weighted by atomic mass is 9.75. The van der Waals surface area contributed by atoms with E-state index in [1.807, 2.05) is 13.8 Å². The van der Waals surface area contributed by atoms with Crippen LogP contribution in [0.3, 0.4) is 0 Å². The number of carbonyl (C=O) groups excluding carboxylic acids is 1. The Hall–Kier alpha value is -1.97. The molecule has 0 amide bonds. The smallest absolute Gasteiger partial charge is 0.166 e. The van der Waals surface area contributed by atoms with Gasteiger partial charge in [-0.05, 0) is 46.5 Å². The van der Waals surface area contributed by atoms with Crippen LogP contribution in [0, 0.1) is 0 Å². The Labute approximate surface area is 193 Å². The summed E-state index contributed by atoms with van der Waals surface area (Å²) in [4.78, 5) is 13.7. The van der Waals surface area contributed by atoms with Crippen LogP contribution in [-0.4, -0.2) is 14.4 Å². The molecule has 4 aromatic rings. The van der Waals surface area contributed by atoms with E-state index in [1.54, 1.807) is 0 Å². The number of alkyl halides is 2. The SMILES string of the molecule is C[C@]1(Br)C(=O)[C@@](C)(Br)[C@@H](c2cccc3ccccc23)[C@@H]1c1cccc2ccccc12. The van der Waals surface area contributed by atoms with Crippen molar-refractivity contribution in [1.29, 1.82) is 0 Å². The molecule has 4 atom stereocenters. The van der Waals surface area contributed by atoms with Gasteiger partial charge in [0.15, 0.2) is 5.78 Å². The highest BCUT2D eigenvalue weighted by Crippen LogP contribution is 2.62. The molecule has 1 nitrogen and oxygen atoms in total. The van der Waals surface area contributed by atoms with Crippen LogP contribution in [-0.2, 0) is 4.79 Å². The molecule has 0 radical (unpaired) electrons. The van der Waals surface area contributed by atoms with Crippen LogP contribution < -0.4 is 0 Å². The molecule has 0 unspecified atom stereocenters. The molecule has 0 aliphatic heterocycles. The van der Waals surface area contributed by atoms with Crippen molar-refractivity contribution in [1.82, 2.24) is 0 Å². The van der Waals surface area contributed by atoms with Crippen molar-refractivity contribution in [2.45, 2.75) is 34.3 Å². The Balaban J connectivity index is 1.84. The predicted molar refractivity (Wildman–Crippen MR) is 133 cm³/mol. The Morgan fingerprint density at radius 1 is 0.600 bits per heavy atom. The summed E-state index contributed by atoms with van der Waals surface area (Å²) in [5.41, 5.74) is 2.42. The van der Waals surface area contributed by atoms with Crippen molar-refractivity contribution in [3.8, 4) is 0 Å². The van der Waals surface area contributed by atoms with Gasteiger partial charge in [-0.2, -0.15) is 0 Å². The van der Waals surface area contributed by atoms with Crippen LogP contribution in [0.2, 0.25) is 0 Å². The lowest BCUT2D eigenvalue weighted by Gasteiger charge is -2.32. The van der Waals surface area contributed by atoms with Crippen molar-refractivity contribution in [3.05, 3.63) is 96.1 Å². The Morgan fingerprint density at radius 3 is 1.40 bits per heavy atom. The highest BCUT2D eigenvalue weighted by molar-refractivity contribution is 9.11. The molecule has 1 saturated carbocycles. The van der Waals surface area contributed by atoms with E-state index in [2.05, 4.69) is 117 Å². The van der Waals surface area contributed by atoms with E-state index in [4.69, 9.17) is 0 Å². The molecule has 30 heavy (non-hydrogen) atoms. The lowest BCUT2D eigenvalue weighted by Crippen LogP contribution is -2.35. The molecule has 0 bridgehead atoms. The topological polar surface area (TPSA) is 17.1 Å². The first-order chi connectivity index (χ1) is 14.3. The van der Waals surface area contributed by atoms with Gasteiger partial charge in [-0.3, -0.25) is 4.79 Å². The van der Waals surface area contributed by atoms with Gasteiger partial charge in [-0.25, -0.2) is 0 Å². The third kappa shape index (κ3) is 2.82. The quantitative estimate of drug-likeness (QED) is 0.246. The second kappa shape index (κ2) is 7.03. The molecule has 0 heterocycles. The van der Waals surface area contributed by atoms with Crippen LogP contribution in [0.15, 0.2) is 84.9 Å². The fraction of sp³-hybridized carbons (Fsp3) is 0.222. The number of benzene rings is 4. The van der Waals surface area contributed by atoms with Crippen molar-refractivity contribution in [2.24, 2.45) is 0 Å². The average Bonchev–Trinajstić information content (AvgIpc) is 2.89. The number of Topliss-reactive ketones (excluding diaryl/α,β-unsaturated/α-hetero) is 1. The average molecular weight is 522 g/mol. The van der Waals surface area contributed by atoms with Gasteiger partial charge in [-0.15, -0.1) is 0 Å². The van der Waals surface area contributed by atoms with Gasteiger partial charge in [0.2, 0.25) is 0 Å². The predicted octanol–water partition coefficient (Wildman–Crippen LogP) is 7.75. The van der Waals surface area contributed by atoms with Crippen molar-refractivity contribution < 1.29 is 4.79 Å². The van der Waals surface area contributed by atoms with Crippen molar-refractivity contribution in [2.75, 3.05) is 0 Å².